The van der Waals surface area contributed by atoms with Crippen molar-refractivity contribution < 1.29 is 4.79 Å². The topological polar surface area (TPSA) is 72.9 Å². The van der Waals surface area contributed by atoms with Crippen LogP contribution in [0.1, 0.15) is 57.8 Å². The molecule has 0 saturated carbocycles. The van der Waals surface area contributed by atoms with Gasteiger partial charge in [0.15, 0.2) is 0 Å². The minimum Gasteiger partial charge on any atom is -0.370 e. The zero-order chi connectivity index (χ0) is 14.6. The smallest absolute Gasteiger partial charge is 0.219 e. The van der Waals surface area contributed by atoms with Gasteiger partial charge in [-0.2, -0.15) is 5.10 Å². The van der Waals surface area contributed by atoms with E-state index in [1.165, 1.54) is 0 Å². The van der Waals surface area contributed by atoms with Crippen molar-refractivity contribution >= 4 is 5.91 Å². The van der Waals surface area contributed by atoms with Crippen LogP contribution in [0.5, 0.6) is 0 Å². The Bertz CT molecular complexity index is 431. The minimum absolute atomic E-state index is 0.0552. The molecular formula is C14H26N4O. The quantitative estimate of drug-likeness (QED) is 0.822. The van der Waals surface area contributed by atoms with Crippen LogP contribution in [0.15, 0.2) is 6.20 Å². The maximum atomic E-state index is 11.3. The highest BCUT2D eigenvalue weighted by Gasteiger charge is 2.27. The molecule has 0 bridgehead atoms. The van der Waals surface area contributed by atoms with Crippen LogP contribution in [0, 0.1) is 0 Å². The lowest BCUT2D eigenvalue weighted by Gasteiger charge is -2.22. The Morgan fingerprint density at radius 1 is 1.53 bits per heavy atom. The van der Waals surface area contributed by atoms with Crippen molar-refractivity contribution in [3.63, 3.8) is 0 Å². The SMILES string of the molecule is CCCNC(CC(N)=O)c1cn(C)nc1C(C)(C)C. The Labute approximate surface area is 115 Å². The summed E-state index contributed by atoms with van der Waals surface area (Å²) in [5.74, 6) is -0.294. The second-order valence-electron chi connectivity index (χ2n) is 6.03. The van der Waals surface area contributed by atoms with E-state index in [1.54, 1.807) is 4.68 Å². The van der Waals surface area contributed by atoms with Crippen molar-refractivity contribution in [2.45, 2.75) is 52.0 Å². The van der Waals surface area contributed by atoms with Gasteiger partial charge in [0.1, 0.15) is 0 Å². The molecule has 0 radical (unpaired) electrons. The van der Waals surface area contributed by atoms with Gasteiger partial charge in [0.05, 0.1) is 5.69 Å². The molecule has 1 rings (SSSR count). The maximum Gasteiger partial charge on any atom is 0.219 e. The molecule has 19 heavy (non-hydrogen) atoms. The first kappa shape index (κ1) is 15.7. The third kappa shape index (κ3) is 4.35. The molecule has 1 unspecified atom stereocenters. The average Bonchev–Trinajstić information content (AvgIpc) is 2.65. The first-order valence-electron chi connectivity index (χ1n) is 6.81. The number of hydrogen-bond donors (Lipinski definition) is 2. The number of nitrogens with one attached hydrogen (secondary N) is 1. The van der Waals surface area contributed by atoms with Gasteiger partial charge in [0.2, 0.25) is 5.91 Å². The second-order valence-corrected chi connectivity index (χ2v) is 6.03. The van der Waals surface area contributed by atoms with E-state index in [9.17, 15) is 4.79 Å². The van der Waals surface area contributed by atoms with E-state index in [0.717, 1.165) is 24.2 Å². The van der Waals surface area contributed by atoms with Crippen LogP contribution >= 0.6 is 0 Å². The van der Waals surface area contributed by atoms with Crippen molar-refractivity contribution in [3.8, 4) is 0 Å². The third-order valence-corrected chi connectivity index (χ3v) is 2.99. The molecule has 1 aromatic heterocycles. The van der Waals surface area contributed by atoms with Crippen LogP contribution in [0.2, 0.25) is 0 Å². The summed E-state index contributed by atoms with van der Waals surface area (Å²) in [7, 11) is 1.90. The molecule has 1 aromatic rings. The summed E-state index contributed by atoms with van der Waals surface area (Å²) in [6.45, 7) is 9.33. The molecule has 0 aliphatic rings. The highest BCUT2D eigenvalue weighted by Crippen LogP contribution is 2.29. The van der Waals surface area contributed by atoms with Crippen molar-refractivity contribution in [1.29, 1.82) is 0 Å². The first-order chi connectivity index (χ1) is 8.75. The van der Waals surface area contributed by atoms with Crippen LogP contribution in [0.3, 0.4) is 0 Å². The monoisotopic (exact) mass is 266 g/mol. The van der Waals surface area contributed by atoms with Crippen LogP contribution in [-0.2, 0) is 17.3 Å². The first-order valence-corrected chi connectivity index (χ1v) is 6.81. The summed E-state index contributed by atoms with van der Waals surface area (Å²) in [6, 6.07) is -0.0552. The summed E-state index contributed by atoms with van der Waals surface area (Å²) in [5.41, 5.74) is 7.40. The molecular weight excluding hydrogens is 240 g/mol. The Hall–Kier alpha value is -1.36. The Morgan fingerprint density at radius 2 is 2.16 bits per heavy atom. The largest absolute Gasteiger partial charge is 0.370 e. The van der Waals surface area contributed by atoms with Crippen LogP contribution in [0.25, 0.3) is 0 Å². The molecule has 0 aromatic carbocycles. The van der Waals surface area contributed by atoms with Crippen molar-refractivity contribution in [2.24, 2.45) is 12.8 Å². The molecule has 1 amide bonds. The van der Waals surface area contributed by atoms with E-state index in [4.69, 9.17) is 5.73 Å². The molecule has 0 aliphatic carbocycles. The van der Waals surface area contributed by atoms with Crippen molar-refractivity contribution in [1.82, 2.24) is 15.1 Å². The fourth-order valence-corrected chi connectivity index (χ4v) is 2.16. The van der Waals surface area contributed by atoms with E-state index < -0.39 is 0 Å². The number of rotatable bonds is 6. The number of hydrogen-bond acceptors (Lipinski definition) is 3. The standard InChI is InChI=1S/C14H26N4O/c1-6-7-16-11(8-12(15)19)10-9-18(5)17-13(10)14(2,3)4/h9,11,16H,6-8H2,1-5H3,(H2,15,19). The fraction of sp³-hybridized carbons (Fsp3) is 0.714. The van der Waals surface area contributed by atoms with Crippen molar-refractivity contribution in [3.05, 3.63) is 17.5 Å². The van der Waals surface area contributed by atoms with Crippen LogP contribution < -0.4 is 11.1 Å². The molecule has 5 heteroatoms. The van der Waals surface area contributed by atoms with E-state index in [-0.39, 0.29) is 17.4 Å². The second kappa shape index (κ2) is 6.19. The van der Waals surface area contributed by atoms with Crippen LogP contribution in [0.4, 0.5) is 0 Å². The van der Waals surface area contributed by atoms with Gasteiger partial charge in [-0.3, -0.25) is 9.48 Å². The van der Waals surface area contributed by atoms with Crippen LogP contribution in [-0.4, -0.2) is 22.2 Å². The lowest BCUT2D eigenvalue weighted by atomic mass is 9.87. The molecule has 0 spiro atoms. The zero-order valence-corrected chi connectivity index (χ0v) is 12.7. The minimum atomic E-state index is -0.294. The van der Waals surface area contributed by atoms with Gasteiger partial charge in [0.25, 0.3) is 0 Å². The molecule has 5 nitrogen and oxygen atoms in total. The molecule has 1 heterocycles. The number of aromatic nitrogens is 2. The van der Waals surface area contributed by atoms with Gasteiger partial charge >= 0.3 is 0 Å². The van der Waals surface area contributed by atoms with Gasteiger partial charge < -0.3 is 11.1 Å². The van der Waals surface area contributed by atoms with E-state index >= 15 is 0 Å². The average molecular weight is 266 g/mol. The zero-order valence-electron chi connectivity index (χ0n) is 12.7. The number of amides is 1. The molecule has 0 fully saturated rings. The third-order valence-electron chi connectivity index (χ3n) is 2.99. The van der Waals surface area contributed by atoms with Gasteiger partial charge in [-0.05, 0) is 13.0 Å². The number of carbonyl (C=O) groups is 1. The maximum absolute atomic E-state index is 11.3. The molecule has 0 saturated heterocycles. The molecule has 0 aliphatic heterocycles. The number of aryl methyl sites for hydroxylation is 1. The summed E-state index contributed by atoms with van der Waals surface area (Å²) in [5, 5.41) is 7.93. The highest BCUT2D eigenvalue weighted by atomic mass is 16.1. The highest BCUT2D eigenvalue weighted by molar-refractivity contribution is 5.74. The summed E-state index contributed by atoms with van der Waals surface area (Å²) in [6.07, 6.45) is 3.30. The predicted molar refractivity (Wildman–Crippen MR) is 76.8 cm³/mol. The normalized spacial score (nSPS) is 13.5. The number of nitrogens with zero attached hydrogens (tertiary/aromatic N) is 2. The van der Waals surface area contributed by atoms with E-state index in [2.05, 4.69) is 38.1 Å². The lowest BCUT2D eigenvalue weighted by molar-refractivity contribution is -0.118. The Kier molecular flexibility index (Phi) is 5.11. The lowest BCUT2D eigenvalue weighted by Crippen LogP contribution is -2.29. The Balaban J connectivity index is 3.10. The Morgan fingerprint density at radius 3 is 2.63 bits per heavy atom. The summed E-state index contributed by atoms with van der Waals surface area (Å²) >= 11 is 0. The van der Waals surface area contributed by atoms with Gasteiger partial charge in [0, 0.05) is 36.7 Å². The summed E-state index contributed by atoms with van der Waals surface area (Å²) in [4.78, 5) is 11.3. The van der Waals surface area contributed by atoms with Gasteiger partial charge in [-0.1, -0.05) is 27.7 Å². The number of nitrogens with two attached hydrogens (primary N) is 1. The van der Waals surface area contributed by atoms with Gasteiger partial charge in [-0.15, -0.1) is 0 Å². The molecule has 1 atom stereocenters. The summed E-state index contributed by atoms with van der Waals surface area (Å²) < 4.78 is 1.80. The number of primary amides is 1. The van der Waals surface area contributed by atoms with Crippen molar-refractivity contribution in [2.75, 3.05) is 6.54 Å². The van der Waals surface area contributed by atoms with Gasteiger partial charge in [-0.25, -0.2) is 0 Å². The predicted octanol–water partition coefficient (Wildman–Crippen LogP) is 1.63. The molecule has 108 valence electrons. The number of carbonyl (C=O) groups excluding carboxylic acids is 1. The van der Waals surface area contributed by atoms with E-state index in [1.807, 2.05) is 13.2 Å². The van der Waals surface area contributed by atoms with E-state index in [0.29, 0.717) is 6.42 Å². The fourth-order valence-electron chi connectivity index (χ4n) is 2.16. The molecule has 3 N–H and O–H groups in total.